The van der Waals surface area contributed by atoms with E-state index in [1.807, 2.05) is 18.9 Å². The van der Waals surface area contributed by atoms with Gasteiger partial charge in [0.05, 0.1) is 0 Å². The van der Waals surface area contributed by atoms with E-state index in [9.17, 15) is 4.79 Å². The van der Waals surface area contributed by atoms with Crippen molar-refractivity contribution in [2.24, 2.45) is 23.0 Å². The first kappa shape index (κ1) is 15.5. The first-order chi connectivity index (χ1) is 8.25. The molecule has 0 spiro atoms. The molecular weight excluding hydrogens is 224 g/mol. The zero-order chi connectivity index (χ0) is 13.9. The van der Waals surface area contributed by atoms with Gasteiger partial charge in [-0.25, -0.2) is 0 Å². The van der Waals surface area contributed by atoms with Gasteiger partial charge in [-0.1, -0.05) is 20.8 Å². The summed E-state index contributed by atoms with van der Waals surface area (Å²) in [5.41, 5.74) is 6.00. The number of carbonyl (C=O) groups excluding carboxylic acids is 1. The Morgan fingerprint density at radius 2 is 2.06 bits per heavy atom. The molecule has 3 heteroatoms. The molecular formula is C15H30N2O. The van der Waals surface area contributed by atoms with E-state index in [-0.39, 0.29) is 11.9 Å². The second-order valence-corrected chi connectivity index (χ2v) is 7.07. The Balaban J connectivity index is 2.54. The van der Waals surface area contributed by atoms with Crippen molar-refractivity contribution in [2.75, 3.05) is 13.6 Å². The van der Waals surface area contributed by atoms with Crippen LogP contribution in [-0.4, -0.2) is 30.4 Å². The van der Waals surface area contributed by atoms with Gasteiger partial charge in [0.15, 0.2) is 0 Å². The Kier molecular flexibility index (Phi) is 5.20. The minimum absolute atomic E-state index is 0.145. The molecule has 0 aliphatic heterocycles. The minimum atomic E-state index is 0.145. The van der Waals surface area contributed by atoms with Gasteiger partial charge in [0.25, 0.3) is 0 Å². The molecule has 0 saturated heterocycles. The lowest BCUT2D eigenvalue weighted by atomic mass is 9.67. The summed E-state index contributed by atoms with van der Waals surface area (Å²) in [5, 5.41) is 0. The monoisotopic (exact) mass is 254 g/mol. The number of likely N-dealkylation sites (N-methyl/N-ethyl adjacent to an activating group) is 1. The van der Waals surface area contributed by atoms with Crippen LogP contribution >= 0.6 is 0 Å². The predicted octanol–water partition coefficient (Wildman–Crippen LogP) is 2.64. The summed E-state index contributed by atoms with van der Waals surface area (Å²) in [6, 6.07) is 0.145. The summed E-state index contributed by atoms with van der Waals surface area (Å²) < 4.78 is 0. The van der Waals surface area contributed by atoms with Crippen LogP contribution in [0.3, 0.4) is 0 Å². The lowest BCUT2D eigenvalue weighted by Gasteiger charge is -2.39. The maximum atomic E-state index is 12.2. The molecule has 3 nitrogen and oxygen atoms in total. The van der Waals surface area contributed by atoms with E-state index in [1.54, 1.807) is 0 Å². The summed E-state index contributed by atoms with van der Waals surface area (Å²) in [6.45, 7) is 9.50. The smallest absolute Gasteiger partial charge is 0.222 e. The topological polar surface area (TPSA) is 46.3 Å². The van der Waals surface area contributed by atoms with Gasteiger partial charge in [0.2, 0.25) is 5.91 Å². The molecule has 1 aliphatic carbocycles. The fourth-order valence-electron chi connectivity index (χ4n) is 3.49. The molecule has 106 valence electrons. The second kappa shape index (κ2) is 6.05. The molecule has 3 unspecified atom stereocenters. The van der Waals surface area contributed by atoms with Gasteiger partial charge in [0, 0.05) is 26.1 Å². The highest BCUT2D eigenvalue weighted by atomic mass is 16.2. The number of rotatable bonds is 4. The molecule has 18 heavy (non-hydrogen) atoms. The normalized spacial score (nSPS) is 28.8. The van der Waals surface area contributed by atoms with E-state index in [0.717, 1.165) is 5.92 Å². The summed E-state index contributed by atoms with van der Waals surface area (Å²) >= 11 is 0. The van der Waals surface area contributed by atoms with Crippen LogP contribution in [0.15, 0.2) is 0 Å². The summed E-state index contributed by atoms with van der Waals surface area (Å²) in [5.74, 6) is 1.54. The lowest BCUT2D eigenvalue weighted by molar-refractivity contribution is -0.133. The Morgan fingerprint density at radius 1 is 1.44 bits per heavy atom. The fraction of sp³-hybridized carbons (Fsp3) is 0.933. The largest absolute Gasteiger partial charge is 0.342 e. The van der Waals surface area contributed by atoms with Crippen molar-refractivity contribution in [1.82, 2.24) is 4.90 Å². The van der Waals surface area contributed by atoms with E-state index in [0.29, 0.717) is 24.3 Å². The molecule has 1 saturated carbocycles. The first-order valence-corrected chi connectivity index (χ1v) is 7.21. The number of nitrogens with two attached hydrogens (primary N) is 1. The molecule has 0 radical (unpaired) electrons. The van der Waals surface area contributed by atoms with Crippen LogP contribution in [0.5, 0.6) is 0 Å². The highest BCUT2D eigenvalue weighted by molar-refractivity contribution is 5.76. The number of nitrogens with zero attached hydrogens (tertiary/aromatic N) is 1. The number of hydrogen-bond donors (Lipinski definition) is 1. The van der Waals surface area contributed by atoms with E-state index < -0.39 is 0 Å². The molecule has 0 bridgehead atoms. The van der Waals surface area contributed by atoms with Gasteiger partial charge in [0.1, 0.15) is 0 Å². The number of hydrogen-bond acceptors (Lipinski definition) is 2. The van der Waals surface area contributed by atoms with Gasteiger partial charge in [-0.15, -0.1) is 0 Å². The molecule has 0 aromatic rings. The van der Waals surface area contributed by atoms with E-state index in [4.69, 9.17) is 5.73 Å². The molecule has 3 atom stereocenters. The summed E-state index contributed by atoms with van der Waals surface area (Å²) in [7, 11) is 1.87. The Hall–Kier alpha value is -0.570. The van der Waals surface area contributed by atoms with Crippen LogP contribution in [0.4, 0.5) is 0 Å². The van der Waals surface area contributed by atoms with Crippen LogP contribution < -0.4 is 5.73 Å². The lowest BCUT2D eigenvalue weighted by Crippen LogP contribution is -2.41. The molecule has 0 heterocycles. The van der Waals surface area contributed by atoms with Crippen molar-refractivity contribution in [1.29, 1.82) is 0 Å². The standard InChI is InChI=1S/C15H30N2O/c1-11-6-13(9-15(3,4)8-11)7-14(18)17(5)12(2)10-16/h11-13H,6-10,16H2,1-5H3. The fourth-order valence-corrected chi connectivity index (χ4v) is 3.49. The molecule has 0 aromatic heterocycles. The maximum absolute atomic E-state index is 12.2. The summed E-state index contributed by atoms with van der Waals surface area (Å²) in [6.07, 6.45) is 4.34. The maximum Gasteiger partial charge on any atom is 0.222 e. The van der Waals surface area contributed by atoms with Crippen molar-refractivity contribution in [3.05, 3.63) is 0 Å². The predicted molar refractivity (Wildman–Crippen MR) is 76.2 cm³/mol. The third-order valence-corrected chi connectivity index (χ3v) is 4.34. The Morgan fingerprint density at radius 3 is 2.56 bits per heavy atom. The van der Waals surface area contributed by atoms with Crippen molar-refractivity contribution >= 4 is 5.91 Å². The van der Waals surface area contributed by atoms with Gasteiger partial charge in [-0.2, -0.15) is 0 Å². The average Bonchev–Trinajstić information content (AvgIpc) is 2.23. The minimum Gasteiger partial charge on any atom is -0.342 e. The third kappa shape index (κ3) is 4.27. The molecule has 0 aromatic carbocycles. The zero-order valence-corrected chi connectivity index (χ0v) is 12.7. The summed E-state index contributed by atoms with van der Waals surface area (Å²) in [4.78, 5) is 14.0. The SMILES string of the molecule is CC1CC(CC(=O)N(C)C(C)CN)CC(C)(C)C1. The zero-order valence-electron chi connectivity index (χ0n) is 12.7. The molecule has 1 fully saturated rings. The highest BCUT2D eigenvalue weighted by Crippen LogP contribution is 2.42. The van der Waals surface area contributed by atoms with Crippen LogP contribution in [0.25, 0.3) is 0 Å². The van der Waals surface area contributed by atoms with Gasteiger partial charge in [-0.3, -0.25) is 4.79 Å². The van der Waals surface area contributed by atoms with Crippen LogP contribution in [0.2, 0.25) is 0 Å². The number of carbonyl (C=O) groups is 1. The Labute approximate surface area is 112 Å². The van der Waals surface area contributed by atoms with Crippen molar-refractivity contribution in [3.8, 4) is 0 Å². The average molecular weight is 254 g/mol. The molecule has 1 rings (SSSR count). The van der Waals surface area contributed by atoms with Crippen LogP contribution in [0, 0.1) is 17.3 Å². The van der Waals surface area contributed by atoms with Crippen molar-refractivity contribution < 1.29 is 4.79 Å². The van der Waals surface area contributed by atoms with Crippen molar-refractivity contribution in [3.63, 3.8) is 0 Å². The van der Waals surface area contributed by atoms with E-state index in [2.05, 4.69) is 20.8 Å². The van der Waals surface area contributed by atoms with Gasteiger partial charge in [-0.05, 0) is 43.4 Å². The van der Waals surface area contributed by atoms with Gasteiger partial charge < -0.3 is 10.6 Å². The van der Waals surface area contributed by atoms with Gasteiger partial charge >= 0.3 is 0 Å². The molecule has 2 N–H and O–H groups in total. The Bertz CT molecular complexity index is 288. The molecule has 1 amide bonds. The number of amides is 1. The van der Waals surface area contributed by atoms with Crippen LogP contribution in [0.1, 0.15) is 53.4 Å². The molecule has 1 aliphatic rings. The van der Waals surface area contributed by atoms with E-state index >= 15 is 0 Å². The van der Waals surface area contributed by atoms with Crippen molar-refractivity contribution in [2.45, 2.75) is 59.4 Å². The highest BCUT2D eigenvalue weighted by Gasteiger charge is 2.33. The quantitative estimate of drug-likeness (QED) is 0.838. The van der Waals surface area contributed by atoms with Crippen LogP contribution in [-0.2, 0) is 4.79 Å². The second-order valence-electron chi connectivity index (χ2n) is 7.07. The third-order valence-electron chi connectivity index (χ3n) is 4.34. The first-order valence-electron chi connectivity index (χ1n) is 7.21. The van der Waals surface area contributed by atoms with E-state index in [1.165, 1.54) is 19.3 Å².